The molecule has 2 unspecified atom stereocenters. The van der Waals surface area contributed by atoms with E-state index in [1.807, 2.05) is 24.3 Å². The Morgan fingerprint density at radius 3 is 2.95 bits per heavy atom. The van der Waals surface area contributed by atoms with Crippen LogP contribution in [0.1, 0.15) is 31.2 Å². The maximum atomic E-state index is 12.1. The number of likely N-dealkylation sites (tertiary alicyclic amines) is 1. The topological polar surface area (TPSA) is 58.4 Å². The van der Waals surface area contributed by atoms with Crippen LogP contribution in [0.25, 0.3) is 0 Å². The molecule has 1 heterocycles. The molecule has 0 radical (unpaired) electrons. The van der Waals surface area contributed by atoms with Gasteiger partial charge in [-0.2, -0.15) is 0 Å². The first-order valence-electron chi connectivity index (χ1n) is 7.55. The Balaban J connectivity index is 1.50. The van der Waals surface area contributed by atoms with Crippen LogP contribution in [0.4, 0.5) is 5.69 Å². The van der Waals surface area contributed by atoms with Crippen LogP contribution in [0.2, 0.25) is 0 Å². The van der Waals surface area contributed by atoms with Crippen molar-refractivity contribution in [1.29, 1.82) is 0 Å². The number of nitrogens with two attached hydrogens (primary N) is 1. The largest absolute Gasteiger partial charge is 0.389 e. The second-order valence-corrected chi connectivity index (χ2v) is 6.51. The third-order valence-electron chi connectivity index (χ3n) is 4.58. The lowest BCUT2D eigenvalue weighted by molar-refractivity contribution is -0.116. The maximum absolute atomic E-state index is 12.1. The molecule has 3 N–H and O–H groups in total. The van der Waals surface area contributed by atoms with Gasteiger partial charge in [0.25, 0.3) is 0 Å². The van der Waals surface area contributed by atoms with Crippen molar-refractivity contribution in [2.24, 2.45) is 11.7 Å². The zero-order valence-electron chi connectivity index (χ0n) is 12.0. The summed E-state index contributed by atoms with van der Waals surface area (Å²) in [4.78, 5) is 14.9. The second kappa shape index (κ2) is 6.12. The molecule has 5 heteroatoms. The third-order valence-corrected chi connectivity index (χ3v) is 4.82. The maximum Gasteiger partial charge on any atom is 0.225 e. The van der Waals surface area contributed by atoms with Crippen LogP contribution in [-0.2, 0) is 4.79 Å². The van der Waals surface area contributed by atoms with E-state index >= 15 is 0 Å². The van der Waals surface area contributed by atoms with Gasteiger partial charge in [0.2, 0.25) is 5.91 Å². The van der Waals surface area contributed by atoms with Gasteiger partial charge in [0.05, 0.1) is 0 Å². The molecule has 1 saturated carbocycles. The van der Waals surface area contributed by atoms with E-state index in [0.717, 1.165) is 29.8 Å². The van der Waals surface area contributed by atoms with E-state index in [9.17, 15) is 4.79 Å². The van der Waals surface area contributed by atoms with Crippen molar-refractivity contribution < 1.29 is 4.79 Å². The quantitative estimate of drug-likeness (QED) is 0.818. The molecule has 1 aliphatic carbocycles. The Kier molecular flexibility index (Phi) is 4.22. The normalized spacial score (nSPS) is 24.2. The predicted molar refractivity (Wildman–Crippen MR) is 88.3 cm³/mol. The smallest absolute Gasteiger partial charge is 0.225 e. The molecule has 2 fully saturated rings. The Labute approximate surface area is 130 Å². The van der Waals surface area contributed by atoms with Crippen molar-refractivity contribution in [2.45, 2.75) is 31.7 Å². The van der Waals surface area contributed by atoms with Gasteiger partial charge in [-0.15, -0.1) is 0 Å². The molecule has 1 aromatic rings. The first-order chi connectivity index (χ1) is 10.1. The Morgan fingerprint density at radius 2 is 2.29 bits per heavy atom. The standard InChI is InChI=1S/C16H21N3OS/c17-16(21)12-2-1-3-13(9-12)18-15(20)6-7-19-10-11-4-5-14(19)8-11/h1-3,9,11,14H,4-8,10H2,(H2,17,21)(H,18,20). The van der Waals surface area contributed by atoms with Gasteiger partial charge < -0.3 is 11.1 Å². The molecule has 112 valence electrons. The van der Waals surface area contributed by atoms with Gasteiger partial charge in [-0.25, -0.2) is 0 Å². The Hall–Kier alpha value is -1.46. The minimum Gasteiger partial charge on any atom is -0.389 e. The minimum absolute atomic E-state index is 0.0536. The monoisotopic (exact) mass is 303 g/mol. The lowest BCUT2D eigenvalue weighted by Gasteiger charge is -2.26. The molecule has 21 heavy (non-hydrogen) atoms. The highest BCUT2D eigenvalue weighted by molar-refractivity contribution is 7.80. The van der Waals surface area contributed by atoms with Gasteiger partial charge in [0, 0.05) is 36.8 Å². The van der Waals surface area contributed by atoms with Crippen molar-refractivity contribution in [3.05, 3.63) is 29.8 Å². The average molecular weight is 303 g/mol. The van der Waals surface area contributed by atoms with Gasteiger partial charge in [-0.3, -0.25) is 9.69 Å². The van der Waals surface area contributed by atoms with Crippen LogP contribution in [0.5, 0.6) is 0 Å². The minimum atomic E-state index is 0.0536. The summed E-state index contributed by atoms with van der Waals surface area (Å²) in [5, 5.41) is 2.92. The number of anilines is 1. The van der Waals surface area contributed by atoms with Gasteiger partial charge in [0.1, 0.15) is 4.99 Å². The highest BCUT2D eigenvalue weighted by Crippen LogP contribution is 2.37. The highest BCUT2D eigenvalue weighted by Gasteiger charge is 2.37. The van der Waals surface area contributed by atoms with Crippen molar-refractivity contribution in [2.75, 3.05) is 18.4 Å². The van der Waals surface area contributed by atoms with Crippen LogP contribution < -0.4 is 11.1 Å². The number of hydrogen-bond acceptors (Lipinski definition) is 3. The molecule has 4 nitrogen and oxygen atoms in total. The van der Waals surface area contributed by atoms with E-state index < -0.39 is 0 Å². The summed E-state index contributed by atoms with van der Waals surface area (Å²) in [6.07, 6.45) is 4.56. The van der Waals surface area contributed by atoms with Gasteiger partial charge in [0.15, 0.2) is 0 Å². The molecule has 1 aromatic carbocycles. The number of nitrogens with one attached hydrogen (secondary N) is 1. The van der Waals surface area contributed by atoms with E-state index in [4.69, 9.17) is 18.0 Å². The van der Waals surface area contributed by atoms with E-state index in [-0.39, 0.29) is 5.91 Å². The summed E-state index contributed by atoms with van der Waals surface area (Å²) in [7, 11) is 0. The molecule has 2 bridgehead atoms. The van der Waals surface area contributed by atoms with Crippen LogP contribution >= 0.6 is 12.2 Å². The van der Waals surface area contributed by atoms with Gasteiger partial charge >= 0.3 is 0 Å². The fourth-order valence-corrected chi connectivity index (χ4v) is 3.65. The van der Waals surface area contributed by atoms with Crippen LogP contribution in [0.15, 0.2) is 24.3 Å². The first-order valence-corrected chi connectivity index (χ1v) is 7.96. The van der Waals surface area contributed by atoms with Crippen LogP contribution in [0.3, 0.4) is 0 Å². The fraction of sp³-hybridized carbons (Fsp3) is 0.500. The zero-order valence-corrected chi connectivity index (χ0v) is 12.9. The zero-order chi connectivity index (χ0) is 14.8. The highest BCUT2D eigenvalue weighted by atomic mass is 32.1. The number of nitrogens with zero attached hydrogens (tertiary/aromatic N) is 1. The number of benzene rings is 1. The van der Waals surface area contributed by atoms with Crippen molar-refractivity contribution in [3.8, 4) is 0 Å². The van der Waals surface area contributed by atoms with E-state index in [1.165, 1.54) is 25.8 Å². The third kappa shape index (κ3) is 3.41. The van der Waals surface area contributed by atoms with Crippen LogP contribution in [0, 0.1) is 5.92 Å². The molecule has 2 atom stereocenters. The number of thiocarbonyl (C=S) groups is 1. The molecule has 1 aliphatic heterocycles. The average Bonchev–Trinajstić information content (AvgIpc) is 3.08. The van der Waals surface area contributed by atoms with E-state index in [1.54, 1.807) is 0 Å². The lowest BCUT2D eigenvalue weighted by atomic mass is 10.1. The van der Waals surface area contributed by atoms with E-state index in [0.29, 0.717) is 11.4 Å². The molecule has 1 saturated heterocycles. The molecule has 0 aromatic heterocycles. The summed E-state index contributed by atoms with van der Waals surface area (Å²) >= 11 is 4.95. The first kappa shape index (κ1) is 14.5. The summed E-state index contributed by atoms with van der Waals surface area (Å²) in [5.74, 6) is 0.929. The Morgan fingerprint density at radius 1 is 1.43 bits per heavy atom. The summed E-state index contributed by atoms with van der Waals surface area (Å²) in [6.45, 7) is 2.04. The summed E-state index contributed by atoms with van der Waals surface area (Å²) in [5.41, 5.74) is 7.14. The molecular formula is C16H21N3OS. The van der Waals surface area contributed by atoms with Crippen LogP contribution in [-0.4, -0.2) is 34.9 Å². The molecule has 0 spiro atoms. The van der Waals surface area contributed by atoms with Crippen molar-refractivity contribution in [1.82, 2.24) is 4.90 Å². The number of amides is 1. The van der Waals surface area contributed by atoms with Crippen molar-refractivity contribution in [3.63, 3.8) is 0 Å². The van der Waals surface area contributed by atoms with E-state index in [2.05, 4.69) is 10.2 Å². The number of hydrogen-bond donors (Lipinski definition) is 2. The summed E-state index contributed by atoms with van der Waals surface area (Å²) in [6, 6.07) is 8.10. The number of carbonyl (C=O) groups is 1. The molecular weight excluding hydrogens is 282 g/mol. The SMILES string of the molecule is NC(=S)c1cccc(NC(=O)CCN2CC3CCC2C3)c1. The molecule has 2 aliphatic rings. The Bertz CT molecular complexity index is 560. The summed E-state index contributed by atoms with van der Waals surface area (Å²) < 4.78 is 0. The molecule has 3 rings (SSSR count). The van der Waals surface area contributed by atoms with Crippen molar-refractivity contribution >= 4 is 28.8 Å². The number of rotatable bonds is 5. The predicted octanol–water partition coefficient (Wildman–Crippen LogP) is 2.13. The second-order valence-electron chi connectivity index (χ2n) is 6.07. The lowest BCUT2D eigenvalue weighted by Crippen LogP contribution is -2.34. The fourth-order valence-electron chi connectivity index (χ4n) is 3.52. The van der Waals surface area contributed by atoms with Gasteiger partial charge in [-0.1, -0.05) is 24.4 Å². The number of piperidine rings is 1. The number of carbonyl (C=O) groups excluding carboxylic acids is 1. The number of fused-ring (bicyclic) bond motifs is 2. The van der Waals surface area contributed by atoms with Gasteiger partial charge in [-0.05, 0) is 37.3 Å². The molecule has 1 amide bonds.